The maximum Gasteiger partial charge on any atom is 0.234 e. The Morgan fingerprint density at radius 3 is 2.78 bits per heavy atom. The van der Waals surface area contributed by atoms with Crippen molar-refractivity contribution in [3.05, 3.63) is 0 Å². The van der Waals surface area contributed by atoms with E-state index in [0.717, 1.165) is 6.42 Å². The van der Waals surface area contributed by atoms with Gasteiger partial charge in [0.1, 0.15) is 0 Å². The number of nitrogens with one attached hydrogen (secondary N) is 3. The molecule has 0 unspecified atom stereocenters. The van der Waals surface area contributed by atoms with E-state index in [1.165, 1.54) is 0 Å². The fourth-order valence-corrected chi connectivity index (χ4v) is 1.97. The summed E-state index contributed by atoms with van der Waals surface area (Å²) in [6.45, 7) is 4.69. The van der Waals surface area contributed by atoms with Crippen molar-refractivity contribution in [1.82, 2.24) is 16.0 Å². The molecule has 0 aromatic heterocycles. The van der Waals surface area contributed by atoms with E-state index in [0.29, 0.717) is 13.0 Å². The van der Waals surface area contributed by atoms with Gasteiger partial charge in [-0.1, -0.05) is 13.8 Å². The highest BCUT2D eigenvalue weighted by Crippen LogP contribution is 2.15. The van der Waals surface area contributed by atoms with Crippen LogP contribution in [0.4, 0.5) is 0 Å². The molecular weight excluding hydrogens is 234 g/mol. The van der Waals surface area contributed by atoms with Crippen LogP contribution >= 0.6 is 0 Å². The molecule has 2 amide bonds. The van der Waals surface area contributed by atoms with Gasteiger partial charge < -0.3 is 21.1 Å². The van der Waals surface area contributed by atoms with Crippen LogP contribution < -0.4 is 16.0 Å². The number of carbonyl (C=O) groups is 2. The predicted molar refractivity (Wildman–Crippen MR) is 67.9 cm³/mol. The molecule has 0 radical (unpaired) electrons. The SMILES string of the molecule is CC(C)NCC(=O)N[C@@H](CO)C[C@H]1CCNC1=O. The first-order valence-corrected chi connectivity index (χ1v) is 6.44. The highest BCUT2D eigenvalue weighted by atomic mass is 16.3. The Balaban J connectivity index is 2.32. The normalized spacial score (nSPS) is 20.9. The minimum absolute atomic E-state index is 0.0167. The summed E-state index contributed by atoms with van der Waals surface area (Å²) in [4.78, 5) is 23.0. The minimum Gasteiger partial charge on any atom is -0.394 e. The Morgan fingerprint density at radius 1 is 1.56 bits per heavy atom. The molecule has 0 spiro atoms. The van der Waals surface area contributed by atoms with Gasteiger partial charge >= 0.3 is 0 Å². The van der Waals surface area contributed by atoms with E-state index in [-0.39, 0.29) is 43.0 Å². The van der Waals surface area contributed by atoms with Crippen LogP contribution in [0.1, 0.15) is 26.7 Å². The zero-order valence-electron chi connectivity index (χ0n) is 11.0. The molecule has 6 heteroatoms. The first kappa shape index (κ1) is 14.9. The van der Waals surface area contributed by atoms with Gasteiger partial charge in [-0.05, 0) is 12.8 Å². The standard InChI is InChI=1S/C12H23N3O3/c1-8(2)14-6-11(17)15-10(7-16)5-9-3-4-13-12(9)18/h8-10,14,16H,3-7H2,1-2H3,(H,13,18)(H,15,17)/t9-,10-/m1/s1. The number of amides is 2. The molecule has 1 saturated heterocycles. The van der Waals surface area contributed by atoms with Crippen LogP contribution in [0.5, 0.6) is 0 Å². The van der Waals surface area contributed by atoms with Crippen LogP contribution in [0.25, 0.3) is 0 Å². The van der Waals surface area contributed by atoms with E-state index in [9.17, 15) is 14.7 Å². The maximum absolute atomic E-state index is 11.6. The fourth-order valence-electron chi connectivity index (χ4n) is 1.97. The topological polar surface area (TPSA) is 90.5 Å². The van der Waals surface area contributed by atoms with Crippen LogP contribution in [-0.2, 0) is 9.59 Å². The smallest absolute Gasteiger partial charge is 0.234 e. The largest absolute Gasteiger partial charge is 0.394 e. The number of aliphatic hydroxyl groups excluding tert-OH is 1. The van der Waals surface area contributed by atoms with Gasteiger partial charge in [0.15, 0.2) is 0 Å². The van der Waals surface area contributed by atoms with Gasteiger partial charge in [-0.25, -0.2) is 0 Å². The molecule has 0 aromatic rings. The Kier molecular flexibility index (Phi) is 6.07. The molecule has 2 atom stereocenters. The number of hydrogen-bond donors (Lipinski definition) is 4. The van der Waals surface area contributed by atoms with Gasteiger partial charge in [0.25, 0.3) is 0 Å². The van der Waals surface area contributed by atoms with Gasteiger partial charge in [-0.15, -0.1) is 0 Å². The number of aliphatic hydroxyl groups is 1. The van der Waals surface area contributed by atoms with Gasteiger partial charge in [-0.2, -0.15) is 0 Å². The van der Waals surface area contributed by atoms with Crippen molar-refractivity contribution >= 4 is 11.8 Å². The molecule has 0 bridgehead atoms. The van der Waals surface area contributed by atoms with Gasteiger partial charge in [0, 0.05) is 18.5 Å². The maximum atomic E-state index is 11.6. The summed E-state index contributed by atoms with van der Waals surface area (Å²) in [5, 5.41) is 17.7. The van der Waals surface area contributed by atoms with E-state index in [1.807, 2.05) is 13.8 Å². The third kappa shape index (κ3) is 5.01. The first-order chi connectivity index (χ1) is 8.52. The third-order valence-corrected chi connectivity index (χ3v) is 2.99. The third-order valence-electron chi connectivity index (χ3n) is 2.99. The summed E-state index contributed by atoms with van der Waals surface area (Å²) in [5.74, 6) is -0.232. The lowest BCUT2D eigenvalue weighted by Crippen LogP contribution is -2.44. The summed E-state index contributed by atoms with van der Waals surface area (Å²) in [7, 11) is 0. The highest BCUT2D eigenvalue weighted by molar-refractivity contribution is 5.81. The average Bonchev–Trinajstić information content (AvgIpc) is 2.71. The summed E-state index contributed by atoms with van der Waals surface area (Å²) >= 11 is 0. The number of carbonyl (C=O) groups excluding carboxylic acids is 2. The predicted octanol–water partition coefficient (Wildman–Crippen LogP) is -1.01. The van der Waals surface area contributed by atoms with Gasteiger partial charge in [0.05, 0.1) is 19.2 Å². The summed E-state index contributed by atoms with van der Waals surface area (Å²) < 4.78 is 0. The van der Waals surface area contributed by atoms with Crippen molar-refractivity contribution in [3.63, 3.8) is 0 Å². The molecule has 1 aliphatic rings. The zero-order valence-corrected chi connectivity index (χ0v) is 11.0. The van der Waals surface area contributed by atoms with E-state index in [2.05, 4.69) is 16.0 Å². The van der Waals surface area contributed by atoms with Gasteiger partial charge in [0.2, 0.25) is 11.8 Å². The minimum atomic E-state index is -0.347. The first-order valence-electron chi connectivity index (χ1n) is 6.44. The van der Waals surface area contributed by atoms with Crippen LogP contribution in [0.15, 0.2) is 0 Å². The second kappa shape index (κ2) is 7.33. The second-order valence-corrected chi connectivity index (χ2v) is 4.99. The van der Waals surface area contributed by atoms with Crippen LogP contribution in [0, 0.1) is 5.92 Å². The quantitative estimate of drug-likeness (QED) is 0.470. The number of rotatable bonds is 7. The van der Waals surface area contributed by atoms with E-state index in [4.69, 9.17) is 0 Å². The second-order valence-electron chi connectivity index (χ2n) is 4.99. The highest BCUT2D eigenvalue weighted by Gasteiger charge is 2.27. The van der Waals surface area contributed by atoms with Crippen molar-refractivity contribution in [2.75, 3.05) is 19.7 Å². The molecule has 6 nitrogen and oxygen atoms in total. The van der Waals surface area contributed by atoms with E-state index >= 15 is 0 Å². The molecule has 18 heavy (non-hydrogen) atoms. The van der Waals surface area contributed by atoms with Crippen LogP contribution in [0.3, 0.4) is 0 Å². The van der Waals surface area contributed by atoms with Gasteiger partial charge in [-0.3, -0.25) is 9.59 Å². The molecule has 1 aliphatic heterocycles. The molecule has 0 saturated carbocycles. The molecular formula is C12H23N3O3. The number of hydrogen-bond acceptors (Lipinski definition) is 4. The average molecular weight is 257 g/mol. The van der Waals surface area contributed by atoms with Crippen molar-refractivity contribution in [1.29, 1.82) is 0 Å². The Labute approximate surface area is 108 Å². The van der Waals surface area contributed by atoms with Crippen LogP contribution in [0.2, 0.25) is 0 Å². The molecule has 1 rings (SSSR count). The zero-order chi connectivity index (χ0) is 13.5. The van der Waals surface area contributed by atoms with Crippen molar-refractivity contribution in [3.8, 4) is 0 Å². The Bertz CT molecular complexity index is 294. The summed E-state index contributed by atoms with van der Waals surface area (Å²) in [6, 6.07) is -0.107. The molecule has 104 valence electrons. The lowest BCUT2D eigenvalue weighted by molar-refractivity contribution is -0.124. The lowest BCUT2D eigenvalue weighted by atomic mass is 9.99. The van der Waals surface area contributed by atoms with Crippen molar-refractivity contribution < 1.29 is 14.7 Å². The molecule has 0 aromatic carbocycles. The van der Waals surface area contributed by atoms with E-state index < -0.39 is 0 Å². The Hall–Kier alpha value is -1.14. The van der Waals surface area contributed by atoms with E-state index in [1.54, 1.807) is 0 Å². The van der Waals surface area contributed by atoms with Crippen molar-refractivity contribution in [2.24, 2.45) is 5.92 Å². The molecule has 0 aliphatic carbocycles. The van der Waals surface area contributed by atoms with Crippen LogP contribution in [-0.4, -0.2) is 48.7 Å². The summed E-state index contributed by atoms with van der Waals surface area (Å²) in [5.41, 5.74) is 0. The summed E-state index contributed by atoms with van der Waals surface area (Å²) in [6.07, 6.45) is 1.27. The molecule has 1 heterocycles. The monoisotopic (exact) mass is 257 g/mol. The molecule has 4 N–H and O–H groups in total. The Morgan fingerprint density at radius 2 is 2.28 bits per heavy atom. The van der Waals surface area contributed by atoms with Crippen molar-refractivity contribution in [2.45, 2.75) is 38.8 Å². The lowest BCUT2D eigenvalue weighted by Gasteiger charge is -2.19. The molecule has 1 fully saturated rings. The fraction of sp³-hybridized carbons (Fsp3) is 0.833.